The summed E-state index contributed by atoms with van der Waals surface area (Å²) in [6, 6.07) is -3.41. The molecule has 0 spiro atoms. The van der Waals surface area contributed by atoms with E-state index in [1.54, 1.807) is 20.8 Å². The van der Waals surface area contributed by atoms with Crippen molar-refractivity contribution in [3.05, 3.63) is 0 Å². The quantitative estimate of drug-likeness (QED) is 0.352. The fraction of sp³-hybridized carbons (Fsp3) is 0.815. The van der Waals surface area contributed by atoms with Crippen LogP contribution in [0.3, 0.4) is 0 Å². The average Bonchev–Trinajstić information content (AvgIpc) is 3.16. The van der Waals surface area contributed by atoms with Gasteiger partial charge in [-0.3, -0.25) is 19.2 Å². The summed E-state index contributed by atoms with van der Waals surface area (Å²) < 4.78 is 31.2. The predicted octanol–water partition coefficient (Wildman–Crippen LogP) is 2.53. The number of alkyl carbamates (subject to hydrolysis) is 1. The lowest BCUT2D eigenvalue weighted by Crippen LogP contribution is -2.59. The zero-order valence-electron chi connectivity index (χ0n) is 23.4. The molecule has 4 amide bonds. The number of hydrogen-bond donors (Lipinski definition) is 3. The van der Waals surface area contributed by atoms with Crippen LogP contribution >= 0.6 is 0 Å². The first kappa shape index (κ1) is 30.7. The molecule has 1 saturated heterocycles. The Hall–Kier alpha value is -2.79. The van der Waals surface area contributed by atoms with Gasteiger partial charge in [-0.15, -0.1) is 0 Å². The van der Waals surface area contributed by atoms with E-state index >= 15 is 0 Å². The van der Waals surface area contributed by atoms with E-state index < -0.39 is 72.6 Å². The SMILES string of the molecule is CC(C)(C)OC(=O)NC(C(=O)N1CC2C(C1C(=O)NC(CCC(F)F)C(=O)C(N)=O)C2(C)C)C1CCCCC1. The number of alkyl halides is 2. The number of nitrogens with two attached hydrogens (primary N) is 1. The van der Waals surface area contributed by atoms with Crippen LogP contribution in [0.2, 0.25) is 0 Å². The summed E-state index contributed by atoms with van der Waals surface area (Å²) >= 11 is 0. The number of carbonyl (C=O) groups excluding carboxylic acids is 5. The molecule has 1 aliphatic heterocycles. The number of rotatable bonds is 10. The van der Waals surface area contributed by atoms with E-state index in [1.807, 2.05) is 13.8 Å². The molecular weight excluding hydrogens is 514 g/mol. The van der Waals surface area contributed by atoms with Gasteiger partial charge >= 0.3 is 6.09 Å². The van der Waals surface area contributed by atoms with Crippen LogP contribution in [0, 0.1) is 23.2 Å². The van der Waals surface area contributed by atoms with Gasteiger partial charge in [-0.1, -0.05) is 33.1 Å². The second kappa shape index (κ2) is 11.8. The minimum atomic E-state index is -2.74. The lowest BCUT2D eigenvalue weighted by atomic mass is 9.83. The summed E-state index contributed by atoms with van der Waals surface area (Å²) in [5.41, 5.74) is 4.06. The van der Waals surface area contributed by atoms with E-state index in [9.17, 15) is 32.8 Å². The van der Waals surface area contributed by atoms with Crippen molar-refractivity contribution in [2.24, 2.45) is 28.9 Å². The van der Waals surface area contributed by atoms with Crippen LogP contribution < -0.4 is 16.4 Å². The fourth-order valence-corrected chi connectivity index (χ4v) is 6.27. The van der Waals surface area contributed by atoms with Gasteiger partial charge in [-0.25, -0.2) is 13.6 Å². The zero-order valence-corrected chi connectivity index (χ0v) is 23.4. The summed E-state index contributed by atoms with van der Waals surface area (Å²) in [4.78, 5) is 65.6. The molecule has 0 aromatic rings. The Morgan fingerprint density at radius 1 is 1.03 bits per heavy atom. The second-order valence-electron chi connectivity index (χ2n) is 12.7. The van der Waals surface area contributed by atoms with Crippen molar-refractivity contribution < 1.29 is 37.5 Å². The molecule has 4 N–H and O–H groups in total. The van der Waals surface area contributed by atoms with Gasteiger partial charge in [0, 0.05) is 13.0 Å². The van der Waals surface area contributed by atoms with Crippen LogP contribution in [0.15, 0.2) is 0 Å². The standard InChI is InChI=1S/C27H42F2N4O6/c1-26(2,3)39-25(38)32-19(14-9-7-6-8-10-14)24(37)33-13-15-18(27(15,4)5)20(33)23(36)31-16(11-12-17(28)29)21(34)22(30)35/h14-20H,6-13H2,1-5H3,(H2,30,35)(H,31,36)(H,32,38). The number of carbonyl (C=O) groups is 5. The molecule has 1 heterocycles. The number of ether oxygens (including phenoxy) is 1. The number of Topliss-reactive ketones (excluding diaryl/α,β-unsaturated/α-hetero) is 1. The number of likely N-dealkylation sites (tertiary alicyclic amines) is 1. The molecule has 0 aromatic carbocycles. The van der Waals surface area contributed by atoms with Crippen LogP contribution in [0.25, 0.3) is 0 Å². The highest BCUT2D eigenvalue weighted by Gasteiger charge is 2.69. The first-order valence-electron chi connectivity index (χ1n) is 13.8. The number of piperidine rings is 1. The third-order valence-electron chi connectivity index (χ3n) is 8.37. The Kier molecular flexibility index (Phi) is 9.27. The molecule has 5 atom stereocenters. The summed E-state index contributed by atoms with van der Waals surface area (Å²) in [7, 11) is 0. The maximum absolute atomic E-state index is 14.0. The van der Waals surface area contributed by atoms with Crippen LogP contribution in [-0.4, -0.2) is 71.2 Å². The molecule has 10 nitrogen and oxygen atoms in total. The van der Waals surface area contributed by atoms with Gasteiger partial charge in [-0.05, 0) is 63.2 Å². The van der Waals surface area contributed by atoms with Crippen molar-refractivity contribution in [1.82, 2.24) is 15.5 Å². The summed E-state index contributed by atoms with van der Waals surface area (Å²) in [6.07, 6.45) is -0.317. The third-order valence-corrected chi connectivity index (χ3v) is 8.37. The lowest BCUT2D eigenvalue weighted by Gasteiger charge is -2.37. The summed E-state index contributed by atoms with van der Waals surface area (Å²) in [5, 5.41) is 5.19. The van der Waals surface area contributed by atoms with Gasteiger partial charge in [0.1, 0.15) is 17.7 Å². The number of fused-ring (bicyclic) bond motifs is 1. The summed E-state index contributed by atoms with van der Waals surface area (Å²) in [6.45, 7) is 9.39. The molecule has 3 fully saturated rings. The monoisotopic (exact) mass is 556 g/mol. The van der Waals surface area contributed by atoms with Crippen LogP contribution in [0.5, 0.6) is 0 Å². The molecule has 39 heavy (non-hydrogen) atoms. The minimum Gasteiger partial charge on any atom is -0.444 e. The lowest BCUT2D eigenvalue weighted by molar-refractivity contribution is -0.144. The van der Waals surface area contributed by atoms with Gasteiger partial charge in [-0.2, -0.15) is 0 Å². The first-order chi connectivity index (χ1) is 18.0. The van der Waals surface area contributed by atoms with Crippen LogP contribution in [0.4, 0.5) is 13.6 Å². The maximum Gasteiger partial charge on any atom is 0.408 e. The molecule has 220 valence electrons. The number of primary amides is 1. The van der Waals surface area contributed by atoms with Gasteiger partial charge in [0.05, 0.1) is 6.04 Å². The highest BCUT2D eigenvalue weighted by Crippen LogP contribution is 2.65. The predicted molar refractivity (Wildman–Crippen MR) is 137 cm³/mol. The minimum absolute atomic E-state index is 0.0112. The Bertz CT molecular complexity index is 976. The molecule has 2 saturated carbocycles. The van der Waals surface area contributed by atoms with E-state index in [0.717, 1.165) is 32.1 Å². The van der Waals surface area contributed by atoms with E-state index in [2.05, 4.69) is 10.6 Å². The van der Waals surface area contributed by atoms with E-state index in [1.165, 1.54) is 4.90 Å². The van der Waals surface area contributed by atoms with Crippen molar-refractivity contribution >= 4 is 29.6 Å². The Morgan fingerprint density at radius 2 is 1.64 bits per heavy atom. The zero-order chi connectivity index (χ0) is 29.3. The fourth-order valence-electron chi connectivity index (χ4n) is 6.27. The van der Waals surface area contributed by atoms with Crippen molar-refractivity contribution in [3.8, 4) is 0 Å². The molecule has 0 bridgehead atoms. The Labute approximate surface area is 228 Å². The normalized spacial score (nSPS) is 25.8. The number of nitrogens with one attached hydrogen (secondary N) is 2. The first-order valence-corrected chi connectivity index (χ1v) is 13.8. The Morgan fingerprint density at radius 3 is 2.18 bits per heavy atom. The van der Waals surface area contributed by atoms with E-state index in [0.29, 0.717) is 0 Å². The molecular formula is C27H42F2N4O6. The highest BCUT2D eigenvalue weighted by molar-refractivity contribution is 6.37. The number of ketones is 1. The van der Waals surface area contributed by atoms with Crippen molar-refractivity contribution in [1.29, 1.82) is 0 Å². The van der Waals surface area contributed by atoms with Crippen molar-refractivity contribution in [3.63, 3.8) is 0 Å². The molecule has 3 aliphatic rings. The molecule has 12 heteroatoms. The van der Waals surface area contributed by atoms with E-state index in [-0.39, 0.29) is 29.7 Å². The number of halogens is 2. The molecule has 2 aliphatic carbocycles. The molecule has 0 radical (unpaired) electrons. The molecule has 3 rings (SSSR count). The van der Waals surface area contributed by atoms with Crippen LogP contribution in [-0.2, 0) is 23.9 Å². The number of hydrogen-bond acceptors (Lipinski definition) is 6. The van der Waals surface area contributed by atoms with Gasteiger partial charge in [0.2, 0.25) is 24.0 Å². The van der Waals surface area contributed by atoms with Crippen LogP contribution in [0.1, 0.15) is 79.6 Å². The van der Waals surface area contributed by atoms with Gasteiger partial charge in [0.15, 0.2) is 0 Å². The smallest absolute Gasteiger partial charge is 0.408 e. The van der Waals surface area contributed by atoms with E-state index in [4.69, 9.17) is 10.5 Å². The third kappa shape index (κ3) is 7.25. The highest BCUT2D eigenvalue weighted by atomic mass is 19.3. The molecule has 0 aromatic heterocycles. The second-order valence-corrected chi connectivity index (χ2v) is 12.7. The largest absolute Gasteiger partial charge is 0.444 e. The Balaban J connectivity index is 1.85. The van der Waals surface area contributed by atoms with Crippen molar-refractivity contribution in [2.45, 2.75) is 110 Å². The average molecular weight is 557 g/mol. The maximum atomic E-state index is 14.0. The number of amides is 4. The summed E-state index contributed by atoms with van der Waals surface area (Å²) in [5.74, 6) is -3.97. The van der Waals surface area contributed by atoms with Crippen molar-refractivity contribution in [2.75, 3.05) is 6.54 Å². The van der Waals surface area contributed by atoms with Gasteiger partial charge < -0.3 is 26.0 Å². The molecule has 5 unspecified atom stereocenters. The van der Waals surface area contributed by atoms with Gasteiger partial charge in [0.25, 0.3) is 5.91 Å². The number of nitrogens with zero attached hydrogens (tertiary/aromatic N) is 1. The topological polar surface area (TPSA) is 148 Å².